The first-order chi connectivity index (χ1) is 8.75. The predicted molar refractivity (Wildman–Crippen MR) is 69.6 cm³/mol. The molecule has 2 aromatic carbocycles. The first-order valence-corrected chi connectivity index (χ1v) is 5.88. The zero-order valence-electron chi connectivity index (χ0n) is 10.0. The molecule has 0 unspecified atom stereocenters. The molecular formula is C15H16O3. The van der Waals surface area contributed by atoms with Gasteiger partial charge in [-0.25, -0.2) is 0 Å². The molecule has 2 rings (SSSR count). The summed E-state index contributed by atoms with van der Waals surface area (Å²) < 4.78 is 5.49. The number of phenols is 2. The molecule has 0 aliphatic heterocycles. The summed E-state index contributed by atoms with van der Waals surface area (Å²) in [4.78, 5) is 0. The van der Waals surface area contributed by atoms with Crippen molar-refractivity contribution in [3.63, 3.8) is 0 Å². The Bertz CT molecular complexity index is 494. The first kappa shape index (κ1) is 12.5. The van der Waals surface area contributed by atoms with Gasteiger partial charge in [0.25, 0.3) is 0 Å². The lowest BCUT2D eigenvalue weighted by atomic mass is 10.2. The number of rotatable bonds is 5. The molecule has 2 N–H and O–H groups in total. The largest absolute Gasteiger partial charge is 0.508 e. The zero-order chi connectivity index (χ0) is 12.8. The highest BCUT2D eigenvalue weighted by Gasteiger charge is 2.02. The molecule has 0 aliphatic carbocycles. The molecule has 3 heteroatoms. The summed E-state index contributed by atoms with van der Waals surface area (Å²) in [5.41, 5.74) is 1.82. The van der Waals surface area contributed by atoms with Crippen molar-refractivity contribution in [2.24, 2.45) is 0 Å². The molecule has 18 heavy (non-hydrogen) atoms. The summed E-state index contributed by atoms with van der Waals surface area (Å²) in [5.74, 6) is 0.280. The van der Waals surface area contributed by atoms with Crippen molar-refractivity contribution >= 4 is 0 Å². The SMILES string of the molecule is Oc1ccc(O)c(COCCc2ccccc2)c1. The summed E-state index contributed by atoms with van der Waals surface area (Å²) in [6.07, 6.45) is 0.834. The van der Waals surface area contributed by atoms with Gasteiger partial charge >= 0.3 is 0 Å². The molecular weight excluding hydrogens is 228 g/mol. The monoisotopic (exact) mass is 244 g/mol. The number of benzene rings is 2. The Hall–Kier alpha value is -2.00. The molecule has 0 saturated heterocycles. The van der Waals surface area contributed by atoms with Gasteiger partial charge in [0.2, 0.25) is 0 Å². The van der Waals surface area contributed by atoms with E-state index in [2.05, 4.69) is 12.1 Å². The van der Waals surface area contributed by atoms with Crippen LogP contribution >= 0.6 is 0 Å². The Balaban J connectivity index is 1.80. The summed E-state index contributed by atoms with van der Waals surface area (Å²) in [5, 5.41) is 18.9. The highest BCUT2D eigenvalue weighted by molar-refractivity contribution is 5.38. The standard InChI is InChI=1S/C15H16O3/c16-14-6-7-15(17)13(10-14)11-18-9-8-12-4-2-1-3-5-12/h1-7,10,16-17H,8-9,11H2. The van der Waals surface area contributed by atoms with Crippen LogP contribution in [0.4, 0.5) is 0 Å². The van der Waals surface area contributed by atoms with E-state index >= 15 is 0 Å². The van der Waals surface area contributed by atoms with Crippen LogP contribution in [0.25, 0.3) is 0 Å². The minimum atomic E-state index is 0.134. The fraction of sp³-hybridized carbons (Fsp3) is 0.200. The van der Waals surface area contributed by atoms with Gasteiger partial charge in [-0.1, -0.05) is 30.3 Å². The number of phenolic OH excluding ortho intramolecular Hbond substituents is 2. The Morgan fingerprint density at radius 2 is 1.72 bits per heavy atom. The van der Waals surface area contributed by atoms with Crippen molar-refractivity contribution in [1.82, 2.24) is 0 Å². The van der Waals surface area contributed by atoms with Crippen LogP contribution in [-0.2, 0) is 17.8 Å². The quantitative estimate of drug-likeness (QED) is 0.628. The van der Waals surface area contributed by atoms with Crippen molar-refractivity contribution in [2.75, 3.05) is 6.61 Å². The van der Waals surface area contributed by atoms with Gasteiger partial charge in [-0.05, 0) is 30.2 Å². The summed E-state index contributed by atoms with van der Waals surface area (Å²) in [6, 6.07) is 14.5. The Labute approximate surface area is 106 Å². The number of aromatic hydroxyl groups is 2. The van der Waals surface area contributed by atoms with E-state index in [-0.39, 0.29) is 11.5 Å². The molecule has 0 radical (unpaired) electrons. The molecule has 0 spiro atoms. The van der Waals surface area contributed by atoms with Crippen LogP contribution in [0.1, 0.15) is 11.1 Å². The highest BCUT2D eigenvalue weighted by Crippen LogP contribution is 2.22. The van der Waals surface area contributed by atoms with Gasteiger partial charge in [-0.15, -0.1) is 0 Å². The van der Waals surface area contributed by atoms with E-state index in [0.29, 0.717) is 18.8 Å². The smallest absolute Gasteiger partial charge is 0.121 e. The lowest BCUT2D eigenvalue weighted by molar-refractivity contribution is 0.122. The molecule has 0 bridgehead atoms. The van der Waals surface area contributed by atoms with Gasteiger partial charge in [0.05, 0.1) is 13.2 Å². The molecule has 0 atom stereocenters. The van der Waals surface area contributed by atoms with E-state index in [1.165, 1.54) is 23.8 Å². The second kappa shape index (κ2) is 6.07. The average Bonchev–Trinajstić information content (AvgIpc) is 2.40. The van der Waals surface area contributed by atoms with Crippen molar-refractivity contribution < 1.29 is 14.9 Å². The normalized spacial score (nSPS) is 10.4. The number of ether oxygens (including phenoxy) is 1. The van der Waals surface area contributed by atoms with E-state index in [9.17, 15) is 10.2 Å². The van der Waals surface area contributed by atoms with Crippen LogP contribution in [0.15, 0.2) is 48.5 Å². The fourth-order valence-electron chi connectivity index (χ4n) is 1.70. The molecule has 2 aromatic rings. The van der Waals surface area contributed by atoms with Crippen molar-refractivity contribution in [1.29, 1.82) is 0 Å². The molecule has 3 nitrogen and oxygen atoms in total. The van der Waals surface area contributed by atoms with Crippen LogP contribution in [0, 0.1) is 0 Å². The zero-order valence-corrected chi connectivity index (χ0v) is 10.0. The second-order valence-electron chi connectivity index (χ2n) is 4.10. The van der Waals surface area contributed by atoms with Crippen LogP contribution in [-0.4, -0.2) is 16.8 Å². The summed E-state index contributed by atoms with van der Waals surface area (Å²) in [6.45, 7) is 0.881. The second-order valence-corrected chi connectivity index (χ2v) is 4.10. The van der Waals surface area contributed by atoms with Gasteiger partial charge < -0.3 is 14.9 Å². The van der Waals surface area contributed by atoms with Crippen LogP contribution < -0.4 is 0 Å². The molecule has 0 aromatic heterocycles. The maximum atomic E-state index is 9.56. The van der Waals surface area contributed by atoms with Gasteiger partial charge in [0.15, 0.2) is 0 Å². The molecule has 0 amide bonds. The Morgan fingerprint density at radius 3 is 2.50 bits per heavy atom. The average molecular weight is 244 g/mol. The van der Waals surface area contributed by atoms with Crippen LogP contribution in [0.2, 0.25) is 0 Å². The third-order valence-electron chi connectivity index (χ3n) is 2.70. The van der Waals surface area contributed by atoms with Crippen molar-refractivity contribution in [3.05, 3.63) is 59.7 Å². The van der Waals surface area contributed by atoms with Crippen LogP contribution in [0.3, 0.4) is 0 Å². The molecule has 0 aliphatic rings. The number of hydrogen-bond acceptors (Lipinski definition) is 3. The molecule has 0 fully saturated rings. The maximum absolute atomic E-state index is 9.56. The van der Waals surface area contributed by atoms with Gasteiger partial charge in [0.1, 0.15) is 11.5 Å². The third-order valence-corrected chi connectivity index (χ3v) is 2.70. The Kier molecular flexibility index (Phi) is 4.20. The number of hydrogen-bond donors (Lipinski definition) is 2. The molecule has 94 valence electrons. The minimum absolute atomic E-state index is 0.134. The topological polar surface area (TPSA) is 49.7 Å². The van der Waals surface area contributed by atoms with Crippen molar-refractivity contribution in [3.8, 4) is 11.5 Å². The van der Waals surface area contributed by atoms with Gasteiger partial charge in [0, 0.05) is 5.56 Å². The summed E-state index contributed by atoms with van der Waals surface area (Å²) in [7, 11) is 0. The van der Waals surface area contributed by atoms with E-state index in [4.69, 9.17) is 4.74 Å². The minimum Gasteiger partial charge on any atom is -0.508 e. The third kappa shape index (κ3) is 3.50. The fourth-order valence-corrected chi connectivity index (χ4v) is 1.70. The highest BCUT2D eigenvalue weighted by atomic mass is 16.5. The van der Waals surface area contributed by atoms with Crippen LogP contribution in [0.5, 0.6) is 11.5 Å². The van der Waals surface area contributed by atoms with Gasteiger partial charge in [-0.3, -0.25) is 0 Å². The Morgan fingerprint density at radius 1 is 0.944 bits per heavy atom. The lowest BCUT2D eigenvalue weighted by Crippen LogP contribution is -1.99. The van der Waals surface area contributed by atoms with E-state index in [1.54, 1.807) is 0 Å². The van der Waals surface area contributed by atoms with E-state index < -0.39 is 0 Å². The van der Waals surface area contributed by atoms with Crippen molar-refractivity contribution in [2.45, 2.75) is 13.0 Å². The van der Waals surface area contributed by atoms with Gasteiger partial charge in [-0.2, -0.15) is 0 Å². The summed E-state index contributed by atoms with van der Waals surface area (Å²) >= 11 is 0. The van der Waals surface area contributed by atoms with E-state index in [0.717, 1.165) is 6.42 Å². The first-order valence-electron chi connectivity index (χ1n) is 5.88. The molecule has 0 heterocycles. The predicted octanol–water partition coefficient (Wildman–Crippen LogP) is 2.86. The molecule has 0 saturated carbocycles. The maximum Gasteiger partial charge on any atom is 0.121 e. The lowest BCUT2D eigenvalue weighted by Gasteiger charge is -2.07. The van der Waals surface area contributed by atoms with E-state index in [1.807, 2.05) is 18.2 Å².